The predicted molar refractivity (Wildman–Crippen MR) is 65.0 cm³/mol. The minimum atomic E-state index is 0.736. The Morgan fingerprint density at radius 3 is 2.67 bits per heavy atom. The average Bonchev–Trinajstić information content (AvgIpc) is 2.99. The van der Waals surface area contributed by atoms with Gasteiger partial charge in [0.2, 0.25) is 0 Å². The molecule has 1 saturated heterocycles. The first-order chi connectivity index (χ1) is 7.20. The summed E-state index contributed by atoms with van der Waals surface area (Å²) in [5, 5.41) is 3.62. The van der Waals surface area contributed by atoms with Crippen LogP contribution >= 0.6 is 0 Å². The van der Waals surface area contributed by atoms with Crippen LogP contribution in [0.25, 0.3) is 0 Å². The lowest BCUT2D eigenvalue weighted by atomic mass is 9.94. The summed E-state index contributed by atoms with van der Waals surface area (Å²) in [6.45, 7) is 10.8. The molecule has 1 saturated carbocycles. The number of rotatable bonds is 4. The van der Waals surface area contributed by atoms with Gasteiger partial charge in [-0.15, -0.1) is 0 Å². The second-order valence-electron chi connectivity index (χ2n) is 5.63. The molecule has 15 heavy (non-hydrogen) atoms. The summed E-state index contributed by atoms with van der Waals surface area (Å²) in [5.41, 5.74) is 0. The van der Waals surface area contributed by atoms with Crippen molar-refractivity contribution in [1.82, 2.24) is 10.2 Å². The molecule has 1 N–H and O–H groups in total. The Morgan fingerprint density at radius 2 is 2.07 bits per heavy atom. The fourth-order valence-corrected chi connectivity index (χ4v) is 3.04. The Labute approximate surface area is 94.4 Å². The minimum absolute atomic E-state index is 0.736. The van der Waals surface area contributed by atoms with Crippen molar-refractivity contribution in [3.05, 3.63) is 0 Å². The van der Waals surface area contributed by atoms with E-state index in [4.69, 9.17) is 0 Å². The maximum absolute atomic E-state index is 3.62. The molecule has 0 spiro atoms. The lowest BCUT2D eigenvalue weighted by molar-refractivity contribution is 0.101. The predicted octanol–water partition coefficient (Wildman–Crippen LogP) is 2.10. The van der Waals surface area contributed by atoms with Crippen LogP contribution in [0.4, 0.5) is 0 Å². The van der Waals surface area contributed by atoms with Crippen LogP contribution in [0.1, 0.15) is 40.0 Å². The number of likely N-dealkylation sites (tertiary alicyclic amines) is 1. The zero-order valence-corrected chi connectivity index (χ0v) is 10.5. The minimum Gasteiger partial charge on any atom is -0.313 e. The van der Waals surface area contributed by atoms with Gasteiger partial charge in [0.1, 0.15) is 0 Å². The standard InChI is InChI=1S/C13H26N2/c1-4-14-13-7-10(2)8-15(9-13)11(3)12-5-6-12/h10-14H,4-9H2,1-3H3. The van der Waals surface area contributed by atoms with Crippen molar-refractivity contribution in [1.29, 1.82) is 0 Å². The number of hydrogen-bond acceptors (Lipinski definition) is 2. The van der Waals surface area contributed by atoms with Crippen molar-refractivity contribution < 1.29 is 0 Å². The summed E-state index contributed by atoms with van der Waals surface area (Å²) >= 11 is 0. The summed E-state index contributed by atoms with van der Waals surface area (Å²) in [5.74, 6) is 1.88. The highest BCUT2D eigenvalue weighted by molar-refractivity contribution is 4.90. The van der Waals surface area contributed by atoms with Crippen LogP contribution in [0.15, 0.2) is 0 Å². The Kier molecular flexibility index (Phi) is 3.68. The van der Waals surface area contributed by atoms with Crippen molar-refractivity contribution in [3.63, 3.8) is 0 Å². The molecule has 0 amide bonds. The van der Waals surface area contributed by atoms with Crippen molar-refractivity contribution in [2.45, 2.75) is 52.1 Å². The fraction of sp³-hybridized carbons (Fsp3) is 1.00. The van der Waals surface area contributed by atoms with Gasteiger partial charge in [-0.05, 0) is 44.6 Å². The third kappa shape index (κ3) is 2.94. The van der Waals surface area contributed by atoms with Crippen molar-refractivity contribution in [2.75, 3.05) is 19.6 Å². The molecule has 0 radical (unpaired) electrons. The topological polar surface area (TPSA) is 15.3 Å². The van der Waals surface area contributed by atoms with E-state index in [-0.39, 0.29) is 0 Å². The molecule has 2 heteroatoms. The van der Waals surface area contributed by atoms with Gasteiger partial charge in [0, 0.05) is 25.2 Å². The summed E-state index contributed by atoms with van der Waals surface area (Å²) in [7, 11) is 0. The van der Waals surface area contributed by atoms with Crippen LogP contribution in [0, 0.1) is 11.8 Å². The Morgan fingerprint density at radius 1 is 1.33 bits per heavy atom. The van der Waals surface area contributed by atoms with E-state index in [0.29, 0.717) is 0 Å². The molecule has 2 fully saturated rings. The zero-order valence-electron chi connectivity index (χ0n) is 10.5. The number of hydrogen-bond donors (Lipinski definition) is 1. The van der Waals surface area contributed by atoms with Crippen LogP contribution in [-0.2, 0) is 0 Å². The molecule has 2 nitrogen and oxygen atoms in total. The molecule has 0 aromatic rings. The first-order valence-electron chi connectivity index (χ1n) is 6.68. The van der Waals surface area contributed by atoms with Crippen LogP contribution < -0.4 is 5.32 Å². The van der Waals surface area contributed by atoms with Gasteiger partial charge >= 0.3 is 0 Å². The van der Waals surface area contributed by atoms with E-state index < -0.39 is 0 Å². The van der Waals surface area contributed by atoms with Crippen molar-refractivity contribution in [3.8, 4) is 0 Å². The molecule has 88 valence electrons. The lowest BCUT2D eigenvalue weighted by Gasteiger charge is -2.40. The highest BCUT2D eigenvalue weighted by Gasteiger charge is 2.35. The van der Waals surface area contributed by atoms with E-state index in [9.17, 15) is 0 Å². The Hall–Kier alpha value is -0.0800. The molecule has 0 aromatic heterocycles. The normalized spacial score (nSPS) is 35.4. The van der Waals surface area contributed by atoms with E-state index >= 15 is 0 Å². The highest BCUT2D eigenvalue weighted by Crippen LogP contribution is 2.36. The quantitative estimate of drug-likeness (QED) is 0.764. The molecule has 2 aliphatic rings. The fourth-order valence-electron chi connectivity index (χ4n) is 3.04. The Balaban J connectivity index is 1.87. The van der Waals surface area contributed by atoms with Gasteiger partial charge in [0.05, 0.1) is 0 Å². The van der Waals surface area contributed by atoms with Gasteiger partial charge in [-0.25, -0.2) is 0 Å². The summed E-state index contributed by atoms with van der Waals surface area (Å²) < 4.78 is 0. The van der Waals surface area contributed by atoms with Crippen LogP contribution in [0.5, 0.6) is 0 Å². The second kappa shape index (κ2) is 4.84. The van der Waals surface area contributed by atoms with Gasteiger partial charge in [0.15, 0.2) is 0 Å². The number of likely N-dealkylation sites (N-methyl/N-ethyl adjacent to an activating group) is 1. The van der Waals surface area contributed by atoms with Gasteiger partial charge in [-0.3, -0.25) is 4.90 Å². The summed E-state index contributed by atoms with van der Waals surface area (Å²) in [4.78, 5) is 2.72. The van der Waals surface area contributed by atoms with Gasteiger partial charge < -0.3 is 5.32 Å². The lowest BCUT2D eigenvalue weighted by Crippen LogP contribution is -2.52. The maximum atomic E-state index is 3.62. The highest BCUT2D eigenvalue weighted by atomic mass is 15.2. The number of nitrogens with zero attached hydrogens (tertiary/aromatic N) is 1. The first-order valence-corrected chi connectivity index (χ1v) is 6.68. The molecular weight excluding hydrogens is 184 g/mol. The first kappa shape index (κ1) is 11.4. The monoisotopic (exact) mass is 210 g/mol. The molecule has 3 unspecified atom stereocenters. The van der Waals surface area contributed by atoms with Gasteiger partial charge in [-0.1, -0.05) is 13.8 Å². The van der Waals surface area contributed by atoms with E-state index in [1.54, 1.807) is 0 Å². The van der Waals surface area contributed by atoms with Crippen LogP contribution in [0.3, 0.4) is 0 Å². The number of nitrogens with one attached hydrogen (secondary N) is 1. The van der Waals surface area contributed by atoms with Crippen molar-refractivity contribution in [2.24, 2.45) is 11.8 Å². The molecule has 1 heterocycles. The smallest absolute Gasteiger partial charge is 0.0198 e. The van der Waals surface area contributed by atoms with E-state index in [1.165, 1.54) is 32.4 Å². The maximum Gasteiger partial charge on any atom is 0.0198 e. The van der Waals surface area contributed by atoms with E-state index in [1.807, 2.05) is 0 Å². The van der Waals surface area contributed by atoms with E-state index in [0.717, 1.165) is 30.5 Å². The van der Waals surface area contributed by atoms with Crippen molar-refractivity contribution >= 4 is 0 Å². The molecule has 3 atom stereocenters. The molecule has 2 rings (SSSR count). The third-order valence-electron chi connectivity index (χ3n) is 4.06. The summed E-state index contributed by atoms with van der Waals surface area (Å²) in [6, 6.07) is 1.56. The SMILES string of the molecule is CCNC1CC(C)CN(C(C)C2CC2)C1. The average molecular weight is 210 g/mol. The number of piperidine rings is 1. The van der Waals surface area contributed by atoms with Crippen LogP contribution in [-0.4, -0.2) is 36.6 Å². The largest absolute Gasteiger partial charge is 0.313 e. The summed E-state index contributed by atoms with van der Waals surface area (Å²) in [6.07, 6.45) is 4.30. The molecular formula is C13H26N2. The van der Waals surface area contributed by atoms with E-state index in [2.05, 4.69) is 31.0 Å². The molecule has 1 aliphatic heterocycles. The Bertz CT molecular complexity index is 201. The third-order valence-corrected chi connectivity index (χ3v) is 4.06. The second-order valence-corrected chi connectivity index (χ2v) is 5.63. The molecule has 0 aromatic carbocycles. The van der Waals surface area contributed by atoms with Gasteiger partial charge in [-0.2, -0.15) is 0 Å². The zero-order chi connectivity index (χ0) is 10.8. The molecule has 1 aliphatic carbocycles. The molecule has 0 bridgehead atoms. The van der Waals surface area contributed by atoms with Crippen LogP contribution in [0.2, 0.25) is 0 Å². The van der Waals surface area contributed by atoms with Gasteiger partial charge in [0.25, 0.3) is 0 Å².